The molecule has 0 bridgehead atoms. The van der Waals surface area contributed by atoms with Gasteiger partial charge in [0.25, 0.3) is 5.91 Å². The standard InChI is InChI=1S/C19H20N4O3S2/c1-3-13(2)23-28(25,26)16-11-9-15(10-12-16)18(24)21-19-20-17(22-27-19)14-7-5-4-6-8-14/h4-13,23H,3H2,1-2H3,(H,20,21,22,24). The first kappa shape index (κ1) is 20.1. The Morgan fingerprint density at radius 3 is 2.43 bits per heavy atom. The first-order valence-electron chi connectivity index (χ1n) is 8.72. The number of benzene rings is 2. The highest BCUT2D eigenvalue weighted by molar-refractivity contribution is 7.89. The molecule has 2 N–H and O–H groups in total. The van der Waals surface area contributed by atoms with Crippen LogP contribution in [0.1, 0.15) is 30.6 Å². The quantitative estimate of drug-likeness (QED) is 0.613. The Morgan fingerprint density at radius 2 is 1.79 bits per heavy atom. The number of hydrogen-bond acceptors (Lipinski definition) is 6. The zero-order valence-electron chi connectivity index (χ0n) is 15.4. The first-order valence-corrected chi connectivity index (χ1v) is 11.0. The molecule has 0 fully saturated rings. The van der Waals surface area contributed by atoms with Gasteiger partial charge in [-0.3, -0.25) is 10.1 Å². The fourth-order valence-corrected chi connectivity index (χ4v) is 4.26. The predicted octanol–water partition coefficient (Wildman–Crippen LogP) is 3.53. The van der Waals surface area contributed by atoms with Gasteiger partial charge in [0.15, 0.2) is 5.82 Å². The smallest absolute Gasteiger partial charge is 0.257 e. The zero-order chi connectivity index (χ0) is 20.1. The third-order valence-corrected chi connectivity index (χ3v) is 6.31. The first-order chi connectivity index (χ1) is 13.4. The summed E-state index contributed by atoms with van der Waals surface area (Å²) in [4.78, 5) is 16.8. The van der Waals surface area contributed by atoms with E-state index < -0.39 is 10.0 Å². The molecule has 1 amide bonds. The lowest BCUT2D eigenvalue weighted by molar-refractivity contribution is 0.102. The summed E-state index contributed by atoms with van der Waals surface area (Å²) < 4.78 is 31.4. The minimum absolute atomic E-state index is 0.117. The number of hydrogen-bond donors (Lipinski definition) is 2. The molecular weight excluding hydrogens is 396 g/mol. The molecule has 28 heavy (non-hydrogen) atoms. The largest absolute Gasteiger partial charge is 0.297 e. The van der Waals surface area contributed by atoms with E-state index in [1.165, 1.54) is 24.3 Å². The number of carbonyl (C=O) groups is 1. The molecule has 0 aliphatic rings. The summed E-state index contributed by atoms with van der Waals surface area (Å²) >= 11 is 1.09. The summed E-state index contributed by atoms with van der Waals surface area (Å²) in [5.41, 5.74) is 1.20. The average molecular weight is 417 g/mol. The molecular formula is C19H20N4O3S2. The van der Waals surface area contributed by atoms with Crippen LogP contribution in [0.25, 0.3) is 11.4 Å². The lowest BCUT2D eigenvalue weighted by Gasteiger charge is -2.12. The van der Waals surface area contributed by atoms with Crippen molar-refractivity contribution >= 4 is 32.6 Å². The van der Waals surface area contributed by atoms with Crippen LogP contribution in [0.5, 0.6) is 0 Å². The second kappa shape index (κ2) is 8.59. The van der Waals surface area contributed by atoms with Gasteiger partial charge in [0.2, 0.25) is 15.2 Å². The molecule has 1 atom stereocenters. The molecule has 0 aliphatic heterocycles. The van der Waals surface area contributed by atoms with Gasteiger partial charge < -0.3 is 0 Å². The van der Waals surface area contributed by atoms with Crippen LogP contribution in [0.15, 0.2) is 59.5 Å². The highest BCUT2D eigenvalue weighted by Crippen LogP contribution is 2.21. The summed E-state index contributed by atoms with van der Waals surface area (Å²) in [5, 5.41) is 3.06. The Labute approximate surface area is 168 Å². The van der Waals surface area contributed by atoms with Crippen molar-refractivity contribution in [2.75, 3.05) is 5.32 Å². The Balaban J connectivity index is 1.69. The van der Waals surface area contributed by atoms with Crippen LogP contribution < -0.4 is 10.0 Å². The summed E-state index contributed by atoms with van der Waals surface area (Å²) in [5.74, 6) is 0.160. The van der Waals surface area contributed by atoms with Gasteiger partial charge >= 0.3 is 0 Å². The van der Waals surface area contributed by atoms with E-state index in [1.54, 1.807) is 6.92 Å². The van der Waals surface area contributed by atoms with E-state index in [4.69, 9.17) is 0 Å². The number of nitrogens with zero attached hydrogens (tertiary/aromatic N) is 2. The van der Waals surface area contributed by atoms with Gasteiger partial charge in [-0.2, -0.15) is 9.36 Å². The van der Waals surface area contributed by atoms with Crippen LogP contribution in [0.3, 0.4) is 0 Å². The third kappa shape index (κ3) is 4.80. The molecule has 1 aromatic heterocycles. The maximum Gasteiger partial charge on any atom is 0.257 e. The van der Waals surface area contributed by atoms with Crippen molar-refractivity contribution in [2.24, 2.45) is 0 Å². The van der Waals surface area contributed by atoms with Crippen molar-refractivity contribution in [3.8, 4) is 11.4 Å². The van der Waals surface area contributed by atoms with E-state index in [9.17, 15) is 13.2 Å². The highest BCUT2D eigenvalue weighted by atomic mass is 32.2. The van der Waals surface area contributed by atoms with E-state index in [0.717, 1.165) is 17.1 Å². The van der Waals surface area contributed by atoms with Crippen molar-refractivity contribution in [3.63, 3.8) is 0 Å². The number of aromatic nitrogens is 2. The molecule has 146 valence electrons. The molecule has 0 spiro atoms. The Bertz CT molecular complexity index is 1050. The van der Waals surface area contributed by atoms with Crippen LogP contribution >= 0.6 is 11.5 Å². The van der Waals surface area contributed by atoms with Crippen LogP contribution in [-0.4, -0.2) is 29.7 Å². The van der Waals surface area contributed by atoms with Crippen LogP contribution in [-0.2, 0) is 10.0 Å². The fraction of sp³-hybridized carbons (Fsp3) is 0.211. The summed E-state index contributed by atoms with van der Waals surface area (Å²) in [6, 6.07) is 15.1. The molecule has 3 aromatic rings. The molecule has 0 radical (unpaired) electrons. The molecule has 0 saturated heterocycles. The summed E-state index contributed by atoms with van der Waals surface area (Å²) in [7, 11) is -3.60. The van der Waals surface area contributed by atoms with Crippen molar-refractivity contribution in [1.82, 2.24) is 14.1 Å². The second-order valence-corrected chi connectivity index (χ2v) is 8.66. The van der Waals surface area contributed by atoms with Crippen molar-refractivity contribution in [1.29, 1.82) is 0 Å². The predicted molar refractivity (Wildman–Crippen MR) is 110 cm³/mol. The SMILES string of the molecule is CCC(C)NS(=O)(=O)c1ccc(C(=O)Nc2nc(-c3ccccc3)ns2)cc1. The van der Waals surface area contributed by atoms with Gasteiger partial charge in [-0.1, -0.05) is 37.3 Å². The van der Waals surface area contributed by atoms with Crippen LogP contribution in [0, 0.1) is 0 Å². The zero-order valence-corrected chi connectivity index (χ0v) is 17.0. The number of sulfonamides is 1. The van der Waals surface area contributed by atoms with E-state index >= 15 is 0 Å². The van der Waals surface area contributed by atoms with Crippen molar-refractivity contribution < 1.29 is 13.2 Å². The van der Waals surface area contributed by atoms with Gasteiger partial charge in [0.05, 0.1) is 4.90 Å². The number of anilines is 1. The van der Waals surface area contributed by atoms with E-state index in [2.05, 4.69) is 19.4 Å². The minimum Gasteiger partial charge on any atom is -0.297 e. The Hall–Kier alpha value is -2.62. The monoisotopic (exact) mass is 416 g/mol. The molecule has 2 aromatic carbocycles. The summed E-state index contributed by atoms with van der Waals surface area (Å²) in [6.45, 7) is 3.70. The van der Waals surface area contributed by atoms with Crippen molar-refractivity contribution in [3.05, 3.63) is 60.2 Å². The molecule has 3 rings (SSSR count). The Morgan fingerprint density at radius 1 is 1.11 bits per heavy atom. The maximum absolute atomic E-state index is 12.4. The van der Waals surface area contributed by atoms with Crippen LogP contribution in [0.2, 0.25) is 0 Å². The normalized spacial score (nSPS) is 12.5. The van der Waals surface area contributed by atoms with E-state index in [0.29, 0.717) is 22.9 Å². The molecule has 0 saturated carbocycles. The van der Waals surface area contributed by atoms with Gasteiger partial charge in [-0.25, -0.2) is 13.1 Å². The number of nitrogens with one attached hydrogen (secondary N) is 2. The summed E-state index contributed by atoms with van der Waals surface area (Å²) in [6.07, 6.45) is 0.687. The lowest BCUT2D eigenvalue weighted by atomic mass is 10.2. The van der Waals surface area contributed by atoms with Crippen molar-refractivity contribution in [2.45, 2.75) is 31.2 Å². The van der Waals surface area contributed by atoms with Gasteiger partial charge in [0.1, 0.15) is 0 Å². The van der Waals surface area contributed by atoms with Crippen LogP contribution in [0.4, 0.5) is 5.13 Å². The lowest BCUT2D eigenvalue weighted by Crippen LogP contribution is -2.32. The third-order valence-electron chi connectivity index (χ3n) is 4.07. The highest BCUT2D eigenvalue weighted by Gasteiger charge is 2.17. The number of amides is 1. The number of carbonyl (C=O) groups excluding carboxylic acids is 1. The maximum atomic E-state index is 12.4. The Kier molecular flexibility index (Phi) is 6.18. The number of rotatable bonds is 7. The second-order valence-electron chi connectivity index (χ2n) is 6.20. The van der Waals surface area contributed by atoms with Gasteiger partial charge in [-0.15, -0.1) is 0 Å². The topological polar surface area (TPSA) is 101 Å². The molecule has 7 nitrogen and oxygen atoms in total. The van der Waals surface area contributed by atoms with Gasteiger partial charge in [-0.05, 0) is 37.6 Å². The van der Waals surface area contributed by atoms with E-state index in [1.807, 2.05) is 37.3 Å². The molecule has 0 aliphatic carbocycles. The molecule has 9 heteroatoms. The average Bonchev–Trinajstić information content (AvgIpc) is 3.17. The fourth-order valence-electron chi connectivity index (χ4n) is 2.35. The molecule has 1 heterocycles. The van der Waals surface area contributed by atoms with E-state index in [-0.39, 0.29) is 16.8 Å². The molecule has 1 unspecified atom stereocenters. The minimum atomic E-state index is -3.60. The van der Waals surface area contributed by atoms with Gasteiger partial charge in [0, 0.05) is 28.7 Å².